The Morgan fingerprint density at radius 3 is 2.62 bits per heavy atom. The summed E-state index contributed by atoms with van der Waals surface area (Å²) in [4.78, 5) is 12.7. The average molecular weight is 299 g/mol. The monoisotopic (exact) mass is 298 g/mol. The zero-order chi connectivity index (χ0) is 14.8. The van der Waals surface area contributed by atoms with Gasteiger partial charge in [0.25, 0.3) is 0 Å². The molecule has 0 saturated heterocycles. The number of Topliss-reactive ketones (excluding diaryl/α,β-unsaturated/α-hetero) is 1. The lowest BCUT2D eigenvalue weighted by Gasteiger charge is -2.12. The van der Waals surface area contributed by atoms with Gasteiger partial charge in [-0.3, -0.25) is 4.79 Å². The third kappa shape index (κ3) is 2.72. The van der Waals surface area contributed by atoms with Gasteiger partial charge in [-0.05, 0) is 36.2 Å². The zero-order valence-corrected chi connectivity index (χ0v) is 12.4. The summed E-state index contributed by atoms with van der Waals surface area (Å²) in [5.41, 5.74) is 1.70. The molecule has 2 aromatic carbocycles. The smallest absolute Gasteiger partial charge is 0.205 e. The predicted octanol–water partition coefficient (Wildman–Crippen LogP) is 5.46. The topological polar surface area (TPSA) is 30.2 Å². The first-order valence-electron chi connectivity index (χ1n) is 6.97. The summed E-state index contributed by atoms with van der Waals surface area (Å²) in [5, 5.41) is 1.49. The molecule has 0 amide bonds. The van der Waals surface area contributed by atoms with E-state index in [1.54, 1.807) is 24.3 Å². The highest BCUT2D eigenvalue weighted by atomic mass is 35.5. The Balaban J connectivity index is 1.98. The first-order chi connectivity index (χ1) is 10.2. The molecule has 1 aromatic heterocycles. The summed E-state index contributed by atoms with van der Waals surface area (Å²) in [6.45, 7) is 2.01. The van der Waals surface area contributed by atoms with E-state index in [0.717, 1.165) is 17.4 Å². The Kier molecular flexibility index (Phi) is 3.80. The van der Waals surface area contributed by atoms with E-state index in [1.807, 2.05) is 37.3 Å². The molecule has 0 aliphatic heterocycles. The molecular formula is C18H15ClO2. The van der Waals surface area contributed by atoms with E-state index in [9.17, 15) is 4.79 Å². The van der Waals surface area contributed by atoms with Gasteiger partial charge in [-0.1, -0.05) is 48.9 Å². The maximum absolute atomic E-state index is 12.7. The van der Waals surface area contributed by atoms with Crippen molar-refractivity contribution in [3.05, 3.63) is 70.9 Å². The molecule has 0 N–H and O–H groups in total. The second-order valence-corrected chi connectivity index (χ2v) is 5.47. The molecule has 0 bridgehead atoms. The molecule has 0 fully saturated rings. The first-order valence-corrected chi connectivity index (χ1v) is 7.35. The van der Waals surface area contributed by atoms with Crippen molar-refractivity contribution in [2.24, 2.45) is 0 Å². The number of carbonyl (C=O) groups is 1. The summed E-state index contributed by atoms with van der Waals surface area (Å²) >= 11 is 5.97. The molecule has 1 unspecified atom stereocenters. The van der Waals surface area contributed by atoms with Gasteiger partial charge >= 0.3 is 0 Å². The molecule has 3 aromatic rings. The largest absolute Gasteiger partial charge is 0.453 e. The number of rotatable bonds is 4. The van der Waals surface area contributed by atoms with Gasteiger partial charge in [0.2, 0.25) is 5.78 Å². The summed E-state index contributed by atoms with van der Waals surface area (Å²) in [6.07, 6.45) is 0.737. The maximum atomic E-state index is 12.7. The molecule has 21 heavy (non-hydrogen) atoms. The van der Waals surface area contributed by atoms with Crippen LogP contribution in [0, 0.1) is 0 Å². The van der Waals surface area contributed by atoms with E-state index in [4.69, 9.17) is 16.0 Å². The van der Waals surface area contributed by atoms with E-state index in [0.29, 0.717) is 16.4 Å². The molecule has 0 radical (unpaired) electrons. The highest BCUT2D eigenvalue weighted by Gasteiger charge is 2.23. The van der Waals surface area contributed by atoms with Crippen molar-refractivity contribution in [3.63, 3.8) is 0 Å². The fourth-order valence-corrected chi connectivity index (χ4v) is 2.75. The minimum Gasteiger partial charge on any atom is -0.453 e. The number of halogens is 1. The Morgan fingerprint density at radius 1 is 1.14 bits per heavy atom. The third-order valence-electron chi connectivity index (χ3n) is 3.65. The molecular weight excluding hydrogens is 284 g/mol. The van der Waals surface area contributed by atoms with Crippen LogP contribution in [0.4, 0.5) is 0 Å². The lowest BCUT2D eigenvalue weighted by molar-refractivity contribution is 0.0932. The second kappa shape index (κ2) is 5.74. The van der Waals surface area contributed by atoms with Crippen LogP contribution in [-0.2, 0) is 0 Å². The average Bonchev–Trinajstić information content (AvgIpc) is 2.92. The number of ketones is 1. The van der Waals surface area contributed by atoms with Gasteiger partial charge in [0.15, 0.2) is 5.76 Å². The van der Waals surface area contributed by atoms with E-state index in [2.05, 4.69) is 0 Å². The van der Waals surface area contributed by atoms with Gasteiger partial charge in [-0.2, -0.15) is 0 Å². The number of carbonyl (C=O) groups excluding carboxylic acids is 1. The summed E-state index contributed by atoms with van der Waals surface area (Å²) < 4.78 is 5.68. The van der Waals surface area contributed by atoms with Gasteiger partial charge < -0.3 is 4.42 Å². The third-order valence-corrected chi connectivity index (χ3v) is 3.88. The van der Waals surface area contributed by atoms with Gasteiger partial charge in [0.1, 0.15) is 5.58 Å². The van der Waals surface area contributed by atoms with Crippen molar-refractivity contribution in [1.29, 1.82) is 0 Å². The van der Waals surface area contributed by atoms with Crippen molar-refractivity contribution >= 4 is 28.4 Å². The summed E-state index contributed by atoms with van der Waals surface area (Å²) in [7, 11) is 0. The minimum absolute atomic E-state index is 0.0102. The standard InChI is InChI=1S/C18H15ClO2/c1-2-15(12-6-4-3-5-7-12)18(20)17-11-13-10-14(19)8-9-16(13)21-17/h3-11,15H,2H2,1H3. The van der Waals surface area contributed by atoms with Crippen LogP contribution >= 0.6 is 11.6 Å². The van der Waals surface area contributed by atoms with Crippen LogP contribution in [0.3, 0.4) is 0 Å². The van der Waals surface area contributed by atoms with Crippen molar-refractivity contribution < 1.29 is 9.21 Å². The van der Waals surface area contributed by atoms with Crippen LogP contribution in [0.15, 0.2) is 59.0 Å². The van der Waals surface area contributed by atoms with Crippen LogP contribution in [0.1, 0.15) is 35.4 Å². The van der Waals surface area contributed by atoms with Gasteiger partial charge in [-0.25, -0.2) is 0 Å². The van der Waals surface area contributed by atoms with Crippen LogP contribution in [0.5, 0.6) is 0 Å². The fraction of sp³-hybridized carbons (Fsp3) is 0.167. The highest BCUT2D eigenvalue weighted by molar-refractivity contribution is 6.31. The highest BCUT2D eigenvalue weighted by Crippen LogP contribution is 2.29. The van der Waals surface area contributed by atoms with Crippen molar-refractivity contribution in [3.8, 4) is 0 Å². The Bertz CT molecular complexity index is 774. The van der Waals surface area contributed by atoms with Gasteiger partial charge in [0.05, 0.1) is 5.92 Å². The molecule has 2 nitrogen and oxygen atoms in total. The molecule has 0 aliphatic rings. The first kappa shape index (κ1) is 13.9. The quantitative estimate of drug-likeness (QED) is 0.598. The lowest BCUT2D eigenvalue weighted by Crippen LogP contribution is -2.11. The second-order valence-electron chi connectivity index (χ2n) is 5.03. The van der Waals surface area contributed by atoms with Crippen LogP contribution in [-0.4, -0.2) is 5.78 Å². The Hall–Kier alpha value is -2.06. The molecule has 0 aliphatic carbocycles. The molecule has 0 saturated carbocycles. The maximum Gasteiger partial charge on any atom is 0.205 e. The number of fused-ring (bicyclic) bond motifs is 1. The molecule has 3 rings (SSSR count). The SMILES string of the molecule is CCC(C(=O)c1cc2cc(Cl)ccc2o1)c1ccccc1. The normalized spacial score (nSPS) is 12.5. The van der Waals surface area contributed by atoms with E-state index >= 15 is 0 Å². The molecule has 1 atom stereocenters. The van der Waals surface area contributed by atoms with Crippen LogP contribution < -0.4 is 0 Å². The molecule has 106 valence electrons. The molecule has 0 spiro atoms. The Morgan fingerprint density at radius 2 is 1.90 bits per heavy atom. The molecule has 1 heterocycles. The fourth-order valence-electron chi connectivity index (χ4n) is 2.57. The van der Waals surface area contributed by atoms with E-state index in [1.165, 1.54) is 0 Å². The van der Waals surface area contributed by atoms with E-state index < -0.39 is 0 Å². The minimum atomic E-state index is -0.178. The number of furan rings is 1. The van der Waals surface area contributed by atoms with Crippen molar-refractivity contribution in [2.75, 3.05) is 0 Å². The lowest BCUT2D eigenvalue weighted by atomic mass is 9.91. The number of hydrogen-bond acceptors (Lipinski definition) is 2. The number of benzene rings is 2. The van der Waals surface area contributed by atoms with Gasteiger partial charge in [0, 0.05) is 10.4 Å². The van der Waals surface area contributed by atoms with Crippen molar-refractivity contribution in [2.45, 2.75) is 19.3 Å². The zero-order valence-electron chi connectivity index (χ0n) is 11.7. The van der Waals surface area contributed by atoms with Crippen LogP contribution in [0.2, 0.25) is 5.02 Å². The van der Waals surface area contributed by atoms with Crippen molar-refractivity contribution in [1.82, 2.24) is 0 Å². The van der Waals surface area contributed by atoms with Gasteiger partial charge in [-0.15, -0.1) is 0 Å². The predicted molar refractivity (Wildman–Crippen MR) is 85.0 cm³/mol. The number of hydrogen-bond donors (Lipinski definition) is 0. The van der Waals surface area contributed by atoms with E-state index in [-0.39, 0.29) is 11.7 Å². The molecule has 3 heteroatoms. The summed E-state index contributed by atoms with van der Waals surface area (Å²) in [6, 6.07) is 16.9. The van der Waals surface area contributed by atoms with Crippen LogP contribution in [0.25, 0.3) is 11.0 Å². The Labute approximate surface area is 128 Å². The summed E-state index contributed by atoms with van der Waals surface area (Å²) in [5.74, 6) is 0.223.